The second kappa shape index (κ2) is 9.18. The van der Waals surface area contributed by atoms with E-state index in [1.165, 1.54) is 5.56 Å². The van der Waals surface area contributed by atoms with Crippen LogP contribution in [0.5, 0.6) is 0 Å². The fourth-order valence-corrected chi connectivity index (χ4v) is 4.49. The van der Waals surface area contributed by atoms with E-state index in [9.17, 15) is 9.90 Å². The number of aromatic amines is 1. The monoisotopic (exact) mass is 392 g/mol. The average Bonchev–Trinajstić information content (AvgIpc) is 3.13. The van der Waals surface area contributed by atoms with Crippen molar-refractivity contribution in [2.45, 2.75) is 32.1 Å². The van der Waals surface area contributed by atoms with Crippen molar-refractivity contribution in [2.24, 2.45) is 11.8 Å². The summed E-state index contributed by atoms with van der Waals surface area (Å²) in [5.41, 5.74) is 3.23. The number of likely N-dealkylation sites (tertiary alicyclic amines) is 1. The molecule has 2 N–H and O–H groups in total. The average molecular weight is 393 g/mol. The molecule has 0 aliphatic carbocycles. The van der Waals surface area contributed by atoms with Gasteiger partial charge in [-0.2, -0.15) is 0 Å². The number of fused-ring (bicyclic) bond motifs is 1. The van der Waals surface area contributed by atoms with Gasteiger partial charge in [0, 0.05) is 25.6 Å². The van der Waals surface area contributed by atoms with Crippen LogP contribution in [0.4, 0.5) is 0 Å². The summed E-state index contributed by atoms with van der Waals surface area (Å²) >= 11 is 0. The highest BCUT2D eigenvalue weighted by Gasteiger charge is 2.31. The van der Waals surface area contributed by atoms with Gasteiger partial charge in [0.1, 0.15) is 5.82 Å². The second-order valence-electron chi connectivity index (χ2n) is 8.08. The van der Waals surface area contributed by atoms with Crippen molar-refractivity contribution < 1.29 is 9.90 Å². The van der Waals surface area contributed by atoms with Crippen molar-refractivity contribution in [3.63, 3.8) is 0 Å². The van der Waals surface area contributed by atoms with Gasteiger partial charge in [0.05, 0.1) is 17.2 Å². The number of piperidine rings is 1. The molecule has 0 radical (unpaired) electrons. The van der Waals surface area contributed by atoms with Gasteiger partial charge >= 0.3 is 5.97 Å². The molecule has 1 aliphatic heterocycles. The Morgan fingerprint density at radius 1 is 1.21 bits per heavy atom. The first kappa shape index (κ1) is 19.6. The summed E-state index contributed by atoms with van der Waals surface area (Å²) in [5, 5.41) is 9.35. The lowest BCUT2D eigenvalue weighted by molar-refractivity contribution is -0.139. The summed E-state index contributed by atoms with van der Waals surface area (Å²) in [6, 6.07) is 12.5. The number of benzene rings is 1. The van der Waals surface area contributed by atoms with E-state index in [0.717, 1.165) is 62.2 Å². The highest BCUT2D eigenvalue weighted by atomic mass is 16.4. The molecule has 2 unspecified atom stereocenters. The molecule has 6 nitrogen and oxygen atoms in total. The van der Waals surface area contributed by atoms with Crippen molar-refractivity contribution >= 4 is 17.0 Å². The van der Waals surface area contributed by atoms with Crippen LogP contribution in [-0.2, 0) is 17.6 Å². The van der Waals surface area contributed by atoms with Crippen LogP contribution in [0.15, 0.2) is 48.8 Å². The number of nitrogens with one attached hydrogen (secondary N) is 1. The predicted molar refractivity (Wildman–Crippen MR) is 113 cm³/mol. The molecular weight excluding hydrogens is 364 g/mol. The SMILES string of the molecule is O=C(O)CC1CCN(CCCc2ccccc2)CC1Cc1nc2ccncc2[nH]1. The Labute approximate surface area is 171 Å². The zero-order chi connectivity index (χ0) is 20.1. The summed E-state index contributed by atoms with van der Waals surface area (Å²) in [7, 11) is 0. The number of H-pyrrole nitrogens is 1. The maximum absolute atomic E-state index is 11.4. The van der Waals surface area contributed by atoms with Crippen LogP contribution in [0, 0.1) is 11.8 Å². The number of aryl methyl sites for hydroxylation is 1. The smallest absolute Gasteiger partial charge is 0.303 e. The highest BCUT2D eigenvalue weighted by Crippen LogP contribution is 2.29. The minimum absolute atomic E-state index is 0.198. The van der Waals surface area contributed by atoms with Crippen LogP contribution in [0.2, 0.25) is 0 Å². The molecule has 0 amide bonds. The fraction of sp³-hybridized carbons (Fsp3) is 0.435. The number of rotatable bonds is 8. The number of carboxylic acids is 1. The molecule has 29 heavy (non-hydrogen) atoms. The van der Waals surface area contributed by atoms with E-state index < -0.39 is 5.97 Å². The van der Waals surface area contributed by atoms with E-state index in [1.807, 2.05) is 6.07 Å². The lowest BCUT2D eigenvalue weighted by Crippen LogP contribution is -2.42. The third kappa shape index (κ3) is 5.21. The number of hydrogen-bond acceptors (Lipinski definition) is 4. The Bertz CT molecular complexity index is 907. The first-order valence-corrected chi connectivity index (χ1v) is 10.4. The summed E-state index contributed by atoms with van der Waals surface area (Å²) in [4.78, 5) is 26.1. The van der Waals surface area contributed by atoms with E-state index in [-0.39, 0.29) is 12.3 Å². The minimum Gasteiger partial charge on any atom is -0.481 e. The first-order chi connectivity index (χ1) is 14.2. The molecule has 1 saturated heterocycles. The van der Waals surface area contributed by atoms with Gasteiger partial charge in [0.25, 0.3) is 0 Å². The van der Waals surface area contributed by atoms with Gasteiger partial charge in [0.15, 0.2) is 0 Å². The van der Waals surface area contributed by atoms with Gasteiger partial charge in [-0.05, 0) is 55.8 Å². The molecule has 3 aromatic rings. The molecule has 0 spiro atoms. The number of hydrogen-bond donors (Lipinski definition) is 2. The molecule has 152 valence electrons. The van der Waals surface area contributed by atoms with Crippen molar-refractivity contribution in [2.75, 3.05) is 19.6 Å². The molecule has 1 aromatic carbocycles. The number of carboxylic acid groups (broad SMARTS) is 1. The number of aromatic nitrogens is 3. The zero-order valence-electron chi connectivity index (χ0n) is 16.6. The van der Waals surface area contributed by atoms with Crippen LogP contribution >= 0.6 is 0 Å². The fourth-order valence-electron chi connectivity index (χ4n) is 4.49. The third-order valence-corrected chi connectivity index (χ3v) is 5.98. The molecule has 2 atom stereocenters. The zero-order valence-corrected chi connectivity index (χ0v) is 16.6. The largest absolute Gasteiger partial charge is 0.481 e. The molecule has 4 rings (SSSR count). The van der Waals surface area contributed by atoms with Crippen LogP contribution in [-0.4, -0.2) is 50.6 Å². The number of nitrogens with zero attached hydrogens (tertiary/aromatic N) is 3. The molecule has 3 heterocycles. The highest BCUT2D eigenvalue weighted by molar-refractivity contribution is 5.73. The topological polar surface area (TPSA) is 82.1 Å². The Balaban J connectivity index is 1.39. The van der Waals surface area contributed by atoms with Gasteiger partial charge < -0.3 is 15.0 Å². The lowest BCUT2D eigenvalue weighted by Gasteiger charge is -2.38. The number of imidazole rings is 1. The Hall–Kier alpha value is -2.73. The van der Waals surface area contributed by atoms with E-state index in [1.54, 1.807) is 12.4 Å². The Kier molecular flexibility index (Phi) is 6.20. The minimum atomic E-state index is -0.702. The quantitative estimate of drug-likeness (QED) is 0.613. The number of pyridine rings is 1. The number of aliphatic carboxylic acids is 1. The predicted octanol–water partition coefficient (Wildman–Crippen LogP) is 3.55. The number of carbonyl (C=O) groups is 1. The summed E-state index contributed by atoms with van der Waals surface area (Å²) in [5.74, 6) is 0.722. The van der Waals surface area contributed by atoms with Crippen LogP contribution in [0.3, 0.4) is 0 Å². The Morgan fingerprint density at radius 3 is 2.86 bits per heavy atom. The molecule has 0 bridgehead atoms. The van der Waals surface area contributed by atoms with Crippen LogP contribution in [0.1, 0.15) is 30.7 Å². The van der Waals surface area contributed by atoms with Crippen molar-refractivity contribution in [3.05, 3.63) is 60.2 Å². The van der Waals surface area contributed by atoms with Crippen molar-refractivity contribution in [3.8, 4) is 0 Å². The van der Waals surface area contributed by atoms with Crippen LogP contribution in [0.25, 0.3) is 11.0 Å². The normalized spacial score (nSPS) is 20.1. The van der Waals surface area contributed by atoms with Crippen molar-refractivity contribution in [1.29, 1.82) is 0 Å². The van der Waals surface area contributed by atoms with E-state index in [0.29, 0.717) is 5.92 Å². The maximum Gasteiger partial charge on any atom is 0.303 e. The standard InChI is InChI=1S/C23H28N4O2/c28-23(29)14-18-9-12-27(11-4-7-17-5-2-1-3-6-17)16-19(18)13-22-25-20-8-10-24-15-21(20)26-22/h1-3,5-6,8,10,15,18-19H,4,7,9,11-14,16H2,(H,25,26)(H,28,29). The van der Waals surface area contributed by atoms with E-state index in [2.05, 4.69) is 50.2 Å². The van der Waals surface area contributed by atoms with Gasteiger partial charge in [-0.25, -0.2) is 4.98 Å². The molecular formula is C23H28N4O2. The second-order valence-corrected chi connectivity index (χ2v) is 8.08. The molecule has 2 aromatic heterocycles. The first-order valence-electron chi connectivity index (χ1n) is 10.4. The van der Waals surface area contributed by atoms with Gasteiger partial charge in [-0.3, -0.25) is 9.78 Å². The van der Waals surface area contributed by atoms with Gasteiger partial charge in [0.2, 0.25) is 0 Å². The Morgan fingerprint density at radius 2 is 2.07 bits per heavy atom. The van der Waals surface area contributed by atoms with Gasteiger partial charge in [-0.15, -0.1) is 0 Å². The molecule has 1 aliphatic rings. The summed E-state index contributed by atoms with van der Waals surface area (Å²) < 4.78 is 0. The summed E-state index contributed by atoms with van der Waals surface area (Å²) in [6.45, 7) is 2.96. The van der Waals surface area contributed by atoms with E-state index >= 15 is 0 Å². The third-order valence-electron chi connectivity index (χ3n) is 5.98. The van der Waals surface area contributed by atoms with E-state index in [4.69, 9.17) is 0 Å². The van der Waals surface area contributed by atoms with Crippen molar-refractivity contribution in [1.82, 2.24) is 19.9 Å². The van der Waals surface area contributed by atoms with Gasteiger partial charge in [-0.1, -0.05) is 30.3 Å². The van der Waals surface area contributed by atoms with Crippen LogP contribution < -0.4 is 0 Å². The lowest BCUT2D eigenvalue weighted by atomic mass is 9.81. The molecule has 6 heteroatoms. The summed E-state index contributed by atoms with van der Waals surface area (Å²) in [6.07, 6.45) is 7.69. The molecule has 1 fully saturated rings. The molecule has 0 saturated carbocycles. The maximum atomic E-state index is 11.4.